The van der Waals surface area contributed by atoms with E-state index in [0.717, 1.165) is 0 Å². The van der Waals surface area contributed by atoms with Crippen molar-refractivity contribution in [2.75, 3.05) is 18.1 Å². The number of para-hydroxylation sites is 1. The summed E-state index contributed by atoms with van der Waals surface area (Å²) in [4.78, 5) is 13.6. The molecular formula is C17H13Cl2FN2O2. The van der Waals surface area contributed by atoms with Crippen molar-refractivity contribution in [2.45, 2.75) is 6.42 Å². The zero-order valence-electron chi connectivity index (χ0n) is 12.5. The summed E-state index contributed by atoms with van der Waals surface area (Å²) in [6.45, 7) is -0.303. The third kappa shape index (κ3) is 4.38. The lowest BCUT2D eigenvalue weighted by atomic mass is 10.2. The summed E-state index contributed by atoms with van der Waals surface area (Å²) in [5.74, 6) is -0.790. The number of rotatable bonds is 6. The fraction of sp³-hybridized carbons (Fsp3) is 0.176. The quantitative estimate of drug-likeness (QED) is 0.758. The van der Waals surface area contributed by atoms with Crippen molar-refractivity contribution < 1.29 is 13.9 Å². The molecule has 0 aliphatic carbocycles. The first kappa shape index (κ1) is 18.1. The second-order valence-corrected chi connectivity index (χ2v) is 5.53. The number of carbonyl (C=O) groups is 1. The average molecular weight is 367 g/mol. The molecule has 0 aliphatic heterocycles. The first-order chi connectivity index (χ1) is 11.5. The van der Waals surface area contributed by atoms with E-state index in [9.17, 15) is 9.18 Å². The van der Waals surface area contributed by atoms with Gasteiger partial charge in [0.25, 0.3) is 5.91 Å². The molecule has 0 fully saturated rings. The van der Waals surface area contributed by atoms with E-state index in [0.29, 0.717) is 5.02 Å². The van der Waals surface area contributed by atoms with Gasteiger partial charge in [0.05, 0.1) is 23.2 Å². The maximum atomic E-state index is 14.0. The minimum Gasteiger partial charge on any atom is -0.482 e. The smallest absolute Gasteiger partial charge is 0.265 e. The number of benzene rings is 2. The number of ether oxygens (including phenoxy) is 1. The molecule has 0 aromatic heterocycles. The minimum absolute atomic E-state index is 0.0584. The van der Waals surface area contributed by atoms with Crippen molar-refractivity contribution in [3.8, 4) is 11.8 Å². The lowest BCUT2D eigenvalue weighted by molar-refractivity contribution is -0.120. The molecule has 0 N–H and O–H groups in total. The zero-order chi connectivity index (χ0) is 17.5. The van der Waals surface area contributed by atoms with Crippen LogP contribution in [-0.4, -0.2) is 19.1 Å². The van der Waals surface area contributed by atoms with Gasteiger partial charge in [-0.1, -0.05) is 41.4 Å². The third-order valence-corrected chi connectivity index (χ3v) is 3.96. The Hall–Kier alpha value is -2.29. The minimum atomic E-state index is -0.551. The van der Waals surface area contributed by atoms with Crippen LogP contribution in [0.3, 0.4) is 0 Å². The Labute approximate surface area is 149 Å². The number of amides is 1. The first-order valence-electron chi connectivity index (χ1n) is 7.03. The van der Waals surface area contributed by atoms with Crippen molar-refractivity contribution >= 4 is 34.8 Å². The van der Waals surface area contributed by atoms with E-state index >= 15 is 0 Å². The number of hydrogen-bond acceptors (Lipinski definition) is 3. The highest BCUT2D eigenvalue weighted by Crippen LogP contribution is 2.31. The third-order valence-electron chi connectivity index (χ3n) is 3.16. The van der Waals surface area contributed by atoms with Gasteiger partial charge in [0.15, 0.2) is 6.61 Å². The molecule has 0 saturated carbocycles. The van der Waals surface area contributed by atoms with Gasteiger partial charge in [0.1, 0.15) is 16.6 Å². The molecule has 24 heavy (non-hydrogen) atoms. The van der Waals surface area contributed by atoms with Crippen LogP contribution in [0.5, 0.6) is 5.75 Å². The van der Waals surface area contributed by atoms with Crippen molar-refractivity contribution in [3.63, 3.8) is 0 Å². The van der Waals surface area contributed by atoms with Crippen LogP contribution in [0.1, 0.15) is 6.42 Å². The Bertz CT molecular complexity index is 777. The Balaban J connectivity index is 2.15. The molecule has 0 saturated heterocycles. The number of halogens is 3. The highest BCUT2D eigenvalue weighted by atomic mass is 35.5. The van der Waals surface area contributed by atoms with E-state index in [1.165, 1.54) is 23.1 Å². The normalized spacial score (nSPS) is 10.1. The Morgan fingerprint density at radius 2 is 1.96 bits per heavy atom. The summed E-state index contributed by atoms with van der Waals surface area (Å²) in [6, 6.07) is 12.6. The molecule has 0 radical (unpaired) electrons. The summed E-state index contributed by atoms with van der Waals surface area (Å²) in [5, 5.41) is 9.24. The summed E-state index contributed by atoms with van der Waals surface area (Å²) < 4.78 is 19.3. The number of hydrogen-bond donors (Lipinski definition) is 0. The van der Waals surface area contributed by atoms with Gasteiger partial charge in [-0.3, -0.25) is 4.79 Å². The van der Waals surface area contributed by atoms with E-state index in [1.807, 2.05) is 6.07 Å². The maximum absolute atomic E-state index is 14.0. The average Bonchev–Trinajstić information content (AvgIpc) is 2.58. The predicted molar refractivity (Wildman–Crippen MR) is 90.9 cm³/mol. The lowest BCUT2D eigenvalue weighted by Gasteiger charge is -2.22. The molecule has 4 nitrogen and oxygen atoms in total. The zero-order valence-corrected chi connectivity index (χ0v) is 14.0. The molecule has 2 rings (SSSR count). The number of anilines is 1. The van der Waals surface area contributed by atoms with Crippen molar-refractivity contribution in [3.05, 3.63) is 58.3 Å². The molecule has 1 amide bonds. The van der Waals surface area contributed by atoms with Gasteiger partial charge in [-0.05, 0) is 24.3 Å². The summed E-state index contributed by atoms with van der Waals surface area (Å²) in [7, 11) is 0. The van der Waals surface area contributed by atoms with Gasteiger partial charge in [-0.25, -0.2) is 4.39 Å². The predicted octanol–water partition coefficient (Wildman–Crippen LogP) is 4.46. The second-order valence-electron chi connectivity index (χ2n) is 4.75. The molecule has 0 atom stereocenters. The fourth-order valence-corrected chi connectivity index (χ4v) is 2.37. The topological polar surface area (TPSA) is 53.3 Å². The Morgan fingerprint density at radius 3 is 2.67 bits per heavy atom. The molecule has 0 unspecified atom stereocenters. The van der Waals surface area contributed by atoms with Gasteiger partial charge in [-0.2, -0.15) is 5.26 Å². The van der Waals surface area contributed by atoms with Crippen LogP contribution in [0.15, 0.2) is 42.5 Å². The fourth-order valence-electron chi connectivity index (χ4n) is 2.02. The van der Waals surface area contributed by atoms with Crippen molar-refractivity contribution in [2.24, 2.45) is 0 Å². The maximum Gasteiger partial charge on any atom is 0.265 e. The summed E-state index contributed by atoms with van der Waals surface area (Å²) in [5.41, 5.74) is 0.0959. The molecule has 2 aromatic carbocycles. The van der Waals surface area contributed by atoms with Crippen LogP contribution >= 0.6 is 23.2 Å². The van der Waals surface area contributed by atoms with Gasteiger partial charge in [-0.15, -0.1) is 0 Å². The first-order valence-corrected chi connectivity index (χ1v) is 7.79. The van der Waals surface area contributed by atoms with Gasteiger partial charge in [0, 0.05) is 6.54 Å². The number of nitrogens with zero attached hydrogens (tertiary/aromatic N) is 2. The van der Waals surface area contributed by atoms with Crippen LogP contribution in [0.25, 0.3) is 0 Å². The van der Waals surface area contributed by atoms with Crippen LogP contribution < -0.4 is 9.64 Å². The molecule has 0 heterocycles. The molecule has 2 aromatic rings. The highest BCUT2D eigenvalue weighted by molar-refractivity contribution is 6.42. The van der Waals surface area contributed by atoms with Crippen LogP contribution in [0, 0.1) is 17.1 Å². The van der Waals surface area contributed by atoms with Crippen molar-refractivity contribution in [1.29, 1.82) is 5.26 Å². The van der Waals surface area contributed by atoms with E-state index in [4.69, 9.17) is 33.2 Å². The van der Waals surface area contributed by atoms with Gasteiger partial charge >= 0.3 is 0 Å². The number of carbonyl (C=O) groups excluding carboxylic acids is 1. The van der Waals surface area contributed by atoms with Crippen LogP contribution in [-0.2, 0) is 4.79 Å². The molecule has 124 valence electrons. The van der Waals surface area contributed by atoms with Gasteiger partial charge in [0.2, 0.25) is 0 Å². The van der Waals surface area contributed by atoms with Crippen LogP contribution in [0.4, 0.5) is 10.1 Å². The van der Waals surface area contributed by atoms with E-state index in [2.05, 4.69) is 0 Å². The lowest BCUT2D eigenvalue weighted by Crippen LogP contribution is -2.36. The SMILES string of the molecule is N#CCCN(C(=O)COc1cccc(Cl)c1Cl)c1ccccc1F. The molecule has 7 heteroatoms. The van der Waals surface area contributed by atoms with E-state index in [1.54, 1.807) is 24.3 Å². The van der Waals surface area contributed by atoms with E-state index in [-0.39, 0.29) is 36.0 Å². The Kier molecular flexibility index (Phi) is 6.42. The summed E-state index contributed by atoms with van der Waals surface area (Å²) >= 11 is 11.9. The van der Waals surface area contributed by atoms with Gasteiger partial charge < -0.3 is 9.64 Å². The monoisotopic (exact) mass is 366 g/mol. The molecular weight excluding hydrogens is 354 g/mol. The largest absolute Gasteiger partial charge is 0.482 e. The van der Waals surface area contributed by atoms with Crippen molar-refractivity contribution in [1.82, 2.24) is 0 Å². The summed E-state index contributed by atoms with van der Waals surface area (Å²) in [6.07, 6.45) is 0.0675. The standard InChI is InChI=1S/C17H13Cl2FN2O2/c18-12-5-3-8-15(17(12)19)24-11-16(23)22(10-4-9-21)14-7-2-1-6-13(14)20/h1-3,5-8H,4,10-11H2. The van der Waals surface area contributed by atoms with Crippen LogP contribution in [0.2, 0.25) is 10.0 Å². The molecule has 0 aliphatic rings. The molecule has 0 bridgehead atoms. The number of nitriles is 1. The molecule has 0 spiro atoms. The highest BCUT2D eigenvalue weighted by Gasteiger charge is 2.19. The Morgan fingerprint density at radius 1 is 1.21 bits per heavy atom. The van der Waals surface area contributed by atoms with E-state index < -0.39 is 11.7 Å². The second kappa shape index (κ2) is 8.53.